The van der Waals surface area contributed by atoms with Crippen molar-refractivity contribution in [3.8, 4) is 24.7 Å². The highest BCUT2D eigenvalue weighted by Crippen LogP contribution is 2.53. The lowest BCUT2D eigenvalue weighted by Gasteiger charge is -2.30. The molecule has 4 nitrogen and oxygen atoms in total. The summed E-state index contributed by atoms with van der Waals surface area (Å²) in [5.41, 5.74) is -1.60. The zero-order valence-electron chi connectivity index (χ0n) is 12.8. The number of halogens is 1. The molecule has 0 fully saturated rings. The molecule has 0 aliphatic heterocycles. The van der Waals surface area contributed by atoms with E-state index in [4.69, 9.17) is 21.9 Å². The molecule has 0 aromatic carbocycles. The van der Waals surface area contributed by atoms with E-state index in [0.29, 0.717) is 0 Å². The molecule has 0 rings (SSSR count). The molecule has 0 heterocycles. The van der Waals surface area contributed by atoms with Crippen LogP contribution in [0.3, 0.4) is 0 Å². The number of hydrogen-bond acceptors (Lipinski definition) is 4. The summed E-state index contributed by atoms with van der Waals surface area (Å²) in [7, 11) is -8.46. The van der Waals surface area contributed by atoms with Gasteiger partial charge in [-0.1, -0.05) is 55.9 Å². The fraction of sp³-hybridized carbons (Fsp3) is 0.667. The number of phosphoric ester groups is 1. The molecule has 114 valence electrons. The van der Waals surface area contributed by atoms with Crippen LogP contribution in [0.1, 0.15) is 0 Å². The van der Waals surface area contributed by atoms with Crippen LogP contribution in [0.25, 0.3) is 0 Å². The highest BCUT2D eigenvalue weighted by molar-refractivity contribution is 7.48. The zero-order valence-corrected chi connectivity index (χ0v) is 15.7. The Balaban J connectivity index is 5.20. The molecule has 0 aromatic heterocycles. The lowest BCUT2D eigenvalue weighted by atomic mass is 10.7. The Labute approximate surface area is 122 Å². The molecule has 0 amide bonds. The van der Waals surface area contributed by atoms with Gasteiger partial charge < -0.3 is 0 Å². The van der Waals surface area contributed by atoms with Crippen molar-refractivity contribution in [2.24, 2.45) is 0 Å². The topological polar surface area (TPSA) is 44.8 Å². The van der Waals surface area contributed by atoms with E-state index in [-0.39, 0.29) is 0 Å². The van der Waals surface area contributed by atoms with Gasteiger partial charge in [0, 0.05) is 0 Å². The Hall–Kier alpha value is -0.406. The molecular formula is C12H22FO4PSi2. The van der Waals surface area contributed by atoms with Crippen LogP contribution in [-0.2, 0) is 18.3 Å². The predicted octanol–water partition coefficient (Wildman–Crippen LogP) is 3.79. The average Bonchev–Trinajstić information content (AvgIpc) is 2.30. The van der Waals surface area contributed by atoms with Gasteiger partial charge in [0.1, 0.15) is 11.5 Å². The third-order valence-electron chi connectivity index (χ3n) is 2.43. The molecule has 0 aliphatic carbocycles. The summed E-state index contributed by atoms with van der Waals surface area (Å²) in [5, 5.41) is 0. The van der Waals surface area contributed by atoms with Crippen LogP contribution in [0.15, 0.2) is 0 Å². The Morgan fingerprint density at radius 1 is 0.950 bits per heavy atom. The third kappa shape index (κ3) is 5.93. The van der Waals surface area contributed by atoms with Gasteiger partial charge in [0.15, 0.2) is 0 Å². The number of phosphoric acid groups is 1. The number of hydrogen-bond donors (Lipinski definition) is 0. The quantitative estimate of drug-likeness (QED) is 0.403. The van der Waals surface area contributed by atoms with Gasteiger partial charge in [0.25, 0.3) is 0 Å². The molecule has 0 spiro atoms. The van der Waals surface area contributed by atoms with Crippen LogP contribution in [0.4, 0.5) is 4.53 Å². The van der Waals surface area contributed by atoms with E-state index < -0.39 is 35.4 Å². The van der Waals surface area contributed by atoms with Crippen molar-refractivity contribution in [1.29, 1.82) is 0 Å². The normalized spacial score (nSPS) is 18.4. The molecule has 0 aromatic rings. The molecule has 0 aliphatic rings. The first kappa shape index (κ1) is 19.6. The number of rotatable bonds is 7. The first-order valence-corrected chi connectivity index (χ1v) is 14.7. The molecule has 0 saturated heterocycles. The molecule has 0 N–H and O–H groups in total. The standard InChI is InChI=1S/C12H22FO4PSi2/c1-9-11(19(3,4)5)15-18(14,17-13)16-12(10-2)20(6,7)8/h1-2,11-12H,3-8H3. The van der Waals surface area contributed by atoms with Crippen molar-refractivity contribution in [2.45, 2.75) is 50.7 Å². The Morgan fingerprint density at radius 3 is 1.40 bits per heavy atom. The fourth-order valence-electron chi connectivity index (χ4n) is 1.19. The van der Waals surface area contributed by atoms with Crippen LogP contribution >= 0.6 is 7.82 Å². The van der Waals surface area contributed by atoms with Gasteiger partial charge in [-0.3, -0.25) is 9.05 Å². The van der Waals surface area contributed by atoms with E-state index in [1.165, 1.54) is 0 Å². The van der Waals surface area contributed by atoms with Crippen molar-refractivity contribution in [2.75, 3.05) is 0 Å². The molecule has 0 radical (unpaired) electrons. The van der Waals surface area contributed by atoms with Crippen LogP contribution in [0.2, 0.25) is 39.3 Å². The van der Waals surface area contributed by atoms with Crippen LogP contribution in [0.5, 0.6) is 0 Å². The maximum absolute atomic E-state index is 12.7. The summed E-state index contributed by atoms with van der Waals surface area (Å²) in [6, 6.07) is 0. The van der Waals surface area contributed by atoms with Crippen LogP contribution in [-0.4, -0.2) is 27.6 Å². The minimum atomic E-state index is -4.42. The first-order valence-electron chi connectivity index (χ1n) is 6.09. The monoisotopic (exact) mass is 336 g/mol. The van der Waals surface area contributed by atoms with Gasteiger partial charge in [-0.05, 0) is 4.53 Å². The second-order valence-corrected chi connectivity index (χ2v) is 18.5. The van der Waals surface area contributed by atoms with Gasteiger partial charge in [-0.2, -0.15) is 0 Å². The van der Waals surface area contributed by atoms with E-state index >= 15 is 0 Å². The van der Waals surface area contributed by atoms with Crippen molar-refractivity contribution in [1.82, 2.24) is 0 Å². The van der Waals surface area contributed by atoms with E-state index in [1.54, 1.807) is 0 Å². The van der Waals surface area contributed by atoms with Crippen molar-refractivity contribution in [3.63, 3.8) is 0 Å². The van der Waals surface area contributed by atoms with Gasteiger partial charge in [0.2, 0.25) is 0 Å². The van der Waals surface area contributed by atoms with Crippen LogP contribution < -0.4 is 0 Å². The average molecular weight is 336 g/mol. The molecule has 2 atom stereocenters. The third-order valence-corrected chi connectivity index (χ3v) is 7.65. The highest BCUT2D eigenvalue weighted by Gasteiger charge is 2.42. The van der Waals surface area contributed by atoms with E-state index in [9.17, 15) is 9.09 Å². The van der Waals surface area contributed by atoms with Gasteiger partial charge in [0.05, 0.1) is 16.1 Å². The first-order chi connectivity index (χ1) is 8.89. The van der Waals surface area contributed by atoms with Gasteiger partial charge >= 0.3 is 7.82 Å². The SMILES string of the molecule is C#CC(OP(=O)(OF)OC(C#C)[Si](C)(C)C)[Si](C)(C)C. The summed E-state index contributed by atoms with van der Waals surface area (Å²) in [5.74, 6) is 4.72. The van der Waals surface area contributed by atoms with E-state index in [0.717, 1.165) is 0 Å². The minimum Gasteiger partial charge on any atom is -0.273 e. The predicted molar refractivity (Wildman–Crippen MR) is 83.9 cm³/mol. The van der Waals surface area contributed by atoms with E-state index in [2.05, 4.69) is 16.6 Å². The Kier molecular flexibility index (Phi) is 6.90. The minimum absolute atomic E-state index is 0.802. The lowest BCUT2D eigenvalue weighted by molar-refractivity contribution is -0.0577. The summed E-state index contributed by atoms with van der Waals surface area (Å²) in [4.78, 5) is 0. The van der Waals surface area contributed by atoms with Crippen molar-refractivity contribution < 1.29 is 22.9 Å². The second kappa shape index (κ2) is 7.04. The largest absolute Gasteiger partial charge is 0.507 e. The summed E-state index contributed by atoms with van der Waals surface area (Å²) in [6.07, 6.45) is 10.7. The molecule has 0 bridgehead atoms. The maximum atomic E-state index is 12.7. The zero-order chi connectivity index (χ0) is 16.2. The number of terminal acetylenes is 2. The summed E-state index contributed by atoms with van der Waals surface area (Å²) < 4.78 is 38.6. The van der Waals surface area contributed by atoms with Gasteiger partial charge in [-0.15, -0.1) is 12.8 Å². The summed E-state index contributed by atoms with van der Waals surface area (Å²) >= 11 is 0. The van der Waals surface area contributed by atoms with E-state index in [1.807, 2.05) is 39.3 Å². The van der Waals surface area contributed by atoms with Gasteiger partial charge in [-0.25, -0.2) is 4.57 Å². The molecule has 2 unspecified atom stereocenters. The Bertz CT molecular complexity index is 418. The van der Waals surface area contributed by atoms with Crippen LogP contribution in [0, 0.1) is 24.7 Å². The maximum Gasteiger partial charge on any atom is 0.507 e. The summed E-state index contributed by atoms with van der Waals surface area (Å²) in [6.45, 7) is 11.4. The lowest BCUT2D eigenvalue weighted by Crippen LogP contribution is -2.41. The van der Waals surface area contributed by atoms with Crippen molar-refractivity contribution in [3.05, 3.63) is 0 Å². The highest BCUT2D eigenvalue weighted by atomic mass is 31.2. The van der Waals surface area contributed by atoms with Crippen molar-refractivity contribution >= 4 is 24.0 Å². The molecule has 20 heavy (non-hydrogen) atoms. The molecule has 0 saturated carbocycles. The molecular weight excluding hydrogens is 314 g/mol. The Morgan fingerprint density at radius 2 is 1.25 bits per heavy atom. The smallest absolute Gasteiger partial charge is 0.273 e. The second-order valence-electron chi connectivity index (χ2n) is 6.55. The fourth-order valence-corrected chi connectivity index (χ4v) is 6.25. The molecule has 8 heteroatoms.